The van der Waals surface area contributed by atoms with Crippen LogP contribution in [0.5, 0.6) is 0 Å². The molecule has 3 heterocycles. The average Bonchev–Trinajstić information content (AvgIpc) is 3.09. The highest BCUT2D eigenvalue weighted by Gasteiger charge is 2.25. The Morgan fingerprint density at radius 2 is 1.83 bits per heavy atom. The maximum absolute atomic E-state index is 12.7. The number of halogens is 2. The van der Waals surface area contributed by atoms with Crippen LogP contribution in [0.3, 0.4) is 0 Å². The minimum atomic E-state index is -0.528. The van der Waals surface area contributed by atoms with E-state index in [0.29, 0.717) is 59.9 Å². The summed E-state index contributed by atoms with van der Waals surface area (Å²) in [6.07, 6.45) is 0. The van der Waals surface area contributed by atoms with Gasteiger partial charge in [0, 0.05) is 40.2 Å². The third-order valence-corrected chi connectivity index (χ3v) is 6.06. The number of imidazole rings is 1. The molecule has 11 heteroatoms. The van der Waals surface area contributed by atoms with Crippen LogP contribution in [0, 0.1) is 0 Å². The standard InChI is InChI=1S/C19H20Cl2N6O3/c1-11(28)25-5-7-26(8-6-25)18-22-16-15(17(29)23-19(30)24(16)2)27(18)10-12-3-4-13(20)14(21)9-12/h3-4,9H,5-8,10H2,1-2H3,(H,23,29,30). The number of fused-ring (bicyclic) bond motifs is 1. The Morgan fingerprint density at radius 1 is 1.13 bits per heavy atom. The van der Waals surface area contributed by atoms with Crippen molar-refractivity contribution in [2.45, 2.75) is 13.5 Å². The molecule has 1 fully saturated rings. The summed E-state index contributed by atoms with van der Waals surface area (Å²) in [7, 11) is 1.56. The molecule has 0 radical (unpaired) electrons. The number of carbonyl (C=O) groups is 1. The van der Waals surface area contributed by atoms with Crippen LogP contribution in [-0.2, 0) is 18.4 Å². The molecular formula is C19H20Cl2N6O3. The van der Waals surface area contributed by atoms with Gasteiger partial charge in [0.15, 0.2) is 11.2 Å². The highest BCUT2D eigenvalue weighted by molar-refractivity contribution is 6.42. The lowest BCUT2D eigenvalue weighted by Gasteiger charge is -2.35. The van der Waals surface area contributed by atoms with Crippen LogP contribution in [-0.4, -0.2) is 56.1 Å². The van der Waals surface area contributed by atoms with Gasteiger partial charge in [0.2, 0.25) is 11.9 Å². The van der Waals surface area contributed by atoms with Gasteiger partial charge in [-0.1, -0.05) is 29.3 Å². The first-order valence-corrected chi connectivity index (χ1v) is 10.2. The lowest BCUT2D eigenvalue weighted by molar-refractivity contribution is -0.129. The molecule has 1 aliphatic rings. The molecule has 9 nitrogen and oxygen atoms in total. The average molecular weight is 451 g/mol. The van der Waals surface area contributed by atoms with Gasteiger partial charge in [-0.2, -0.15) is 4.98 Å². The number of piperazine rings is 1. The van der Waals surface area contributed by atoms with Gasteiger partial charge in [-0.05, 0) is 17.7 Å². The van der Waals surface area contributed by atoms with E-state index in [1.165, 1.54) is 4.57 Å². The minimum Gasteiger partial charge on any atom is -0.339 e. The summed E-state index contributed by atoms with van der Waals surface area (Å²) in [4.78, 5) is 47.2. The van der Waals surface area contributed by atoms with Crippen LogP contribution in [0.25, 0.3) is 11.2 Å². The van der Waals surface area contributed by atoms with Crippen molar-refractivity contribution in [3.63, 3.8) is 0 Å². The summed E-state index contributed by atoms with van der Waals surface area (Å²) < 4.78 is 3.09. The molecule has 0 aliphatic carbocycles. The Morgan fingerprint density at radius 3 is 2.47 bits per heavy atom. The second-order valence-electron chi connectivity index (χ2n) is 7.23. The third kappa shape index (κ3) is 3.59. The lowest BCUT2D eigenvalue weighted by Crippen LogP contribution is -2.48. The van der Waals surface area contributed by atoms with Gasteiger partial charge in [-0.15, -0.1) is 0 Å². The first kappa shape index (κ1) is 20.5. The van der Waals surface area contributed by atoms with Crippen LogP contribution in [0.1, 0.15) is 12.5 Å². The smallest absolute Gasteiger partial charge is 0.329 e. The largest absolute Gasteiger partial charge is 0.339 e. The molecule has 2 aromatic heterocycles. The first-order chi connectivity index (χ1) is 14.3. The Kier molecular flexibility index (Phi) is 5.33. The van der Waals surface area contributed by atoms with Crippen LogP contribution in [0.4, 0.5) is 5.95 Å². The summed E-state index contributed by atoms with van der Waals surface area (Å²) >= 11 is 12.2. The molecule has 0 saturated carbocycles. The number of nitrogens with one attached hydrogen (secondary N) is 1. The van der Waals surface area contributed by atoms with Crippen molar-refractivity contribution in [2.75, 3.05) is 31.1 Å². The molecule has 0 bridgehead atoms. The van der Waals surface area contributed by atoms with Crippen molar-refractivity contribution < 1.29 is 4.79 Å². The Labute approximate surface area is 181 Å². The fraction of sp³-hybridized carbons (Fsp3) is 0.368. The summed E-state index contributed by atoms with van der Waals surface area (Å²) in [6, 6.07) is 5.26. The monoisotopic (exact) mass is 450 g/mol. The number of aromatic nitrogens is 4. The zero-order valence-electron chi connectivity index (χ0n) is 16.5. The van der Waals surface area contributed by atoms with Gasteiger partial charge in [-0.25, -0.2) is 4.79 Å². The molecule has 1 aromatic carbocycles. The Hall–Kier alpha value is -2.78. The number of amides is 1. The molecule has 1 amide bonds. The number of nitrogens with zero attached hydrogens (tertiary/aromatic N) is 5. The maximum Gasteiger partial charge on any atom is 0.329 e. The molecule has 30 heavy (non-hydrogen) atoms. The molecule has 0 unspecified atom stereocenters. The SMILES string of the molecule is CC(=O)N1CCN(c2nc3c(c(=O)[nH]c(=O)n3C)n2Cc2ccc(Cl)c(Cl)c2)CC1. The molecule has 1 saturated heterocycles. The number of H-pyrrole nitrogens is 1. The zero-order chi connectivity index (χ0) is 21.6. The minimum absolute atomic E-state index is 0.0257. The molecule has 3 aromatic rings. The second-order valence-corrected chi connectivity index (χ2v) is 8.04. The molecular weight excluding hydrogens is 431 g/mol. The van der Waals surface area contributed by atoms with Crippen LogP contribution in [0.2, 0.25) is 10.0 Å². The van der Waals surface area contributed by atoms with E-state index in [9.17, 15) is 14.4 Å². The highest BCUT2D eigenvalue weighted by Crippen LogP contribution is 2.26. The molecule has 1 aliphatic heterocycles. The number of aryl methyl sites for hydroxylation is 1. The van der Waals surface area contributed by atoms with E-state index < -0.39 is 11.2 Å². The number of benzene rings is 1. The highest BCUT2D eigenvalue weighted by atomic mass is 35.5. The lowest BCUT2D eigenvalue weighted by atomic mass is 10.2. The second kappa shape index (κ2) is 7.81. The fourth-order valence-electron chi connectivity index (χ4n) is 3.66. The summed E-state index contributed by atoms with van der Waals surface area (Å²) in [5.74, 6) is 0.587. The van der Waals surface area contributed by atoms with Crippen LogP contribution < -0.4 is 16.1 Å². The van der Waals surface area contributed by atoms with E-state index in [1.54, 1.807) is 35.6 Å². The van der Waals surface area contributed by atoms with E-state index in [-0.39, 0.29) is 5.91 Å². The van der Waals surface area contributed by atoms with Crippen LogP contribution in [0.15, 0.2) is 27.8 Å². The van der Waals surface area contributed by atoms with Gasteiger partial charge in [0.05, 0.1) is 16.6 Å². The van der Waals surface area contributed by atoms with Crippen molar-refractivity contribution in [3.8, 4) is 0 Å². The number of rotatable bonds is 3. The number of carbonyl (C=O) groups excluding carboxylic acids is 1. The molecule has 158 valence electrons. The number of hydrogen-bond acceptors (Lipinski definition) is 5. The molecule has 4 rings (SSSR count). The molecule has 0 spiro atoms. The summed E-state index contributed by atoms with van der Waals surface area (Å²) in [5.41, 5.74) is 0.398. The van der Waals surface area contributed by atoms with Crippen molar-refractivity contribution in [1.29, 1.82) is 0 Å². The normalized spacial score (nSPS) is 14.5. The van der Waals surface area contributed by atoms with Gasteiger partial charge in [0.25, 0.3) is 5.56 Å². The van der Waals surface area contributed by atoms with Gasteiger partial charge in [-0.3, -0.25) is 23.7 Å². The van der Waals surface area contributed by atoms with E-state index in [2.05, 4.69) is 9.97 Å². The molecule has 1 N–H and O–H groups in total. The third-order valence-electron chi connectivity index (χ3n) is 5.32. The van der Waals surface area contributed by atoms with E-state index in [0.717, 1.165) is 5.56 Å². The van der Waals surface area contributed by atoms with E-state index in [4.69, 9.17) is 23.2 Å². The number of anilines is 1. The van der Waals surface area contributed by atoms with Crippen molar-refractivity contribution >= 4 is 46.2 Å². The van der Waals surface area contributed by atoms with E-state index in [1.807, 2.05) is 11.0 Å². The Bertz CT molecular complexity index is 1250. The Balaban J connectivity index is 1.83. The van der Waals surface area contributed by atoms with Crippen molar-refractivity contribution in [2.24, 2.45) is 7.05 Å². The number of aromatic amines is 1. The number of hydrogen-bond donors (Lipinski definition) is 1. The van der Waals surface area contributed by atoms with Crippen LogP contribution >= 0.6 is 23.2 Å². The van der Waals surface area contributed by atoms with Gasteiger partial charge >= 0.3 is 5.69 Å². The molecule has 0 atom stereocenters. The maximum atomic E-state index is 12.7. The van der Waals surface area contributed by atoms with Gasteiger partial charge in [0.1, 0.15) is 0 Å². The predicted molar refractivity (Wildman–Crippen MR) is 116 cm³/mol. The van der Waals surface area contributed by atoms with Crippen molar-refractivity contribution in [1.82, 2.24) is 24.0 Å². The predicted octanol–water partition coefficient (Wildman–Crippen LogP) is 1.45. The first-order valence-electron chi connectivity index (χ1n) is 9.40. The summed E-state index contributed by atoms with van der Waals surface area (Å²) in [6.45, 7) is 4.11. The fourth-order valence-corrected chi connectivity index (χ4v) is 3.98. The van der Waals surface area contributed by atoms with E-state index >= 15 is 0 Å². The zero-order valence-corrected chi connectivity index (χ0v) is 18.0. The van der Waals surface area contributed by atoms with Crippen molar-refractivity contribution in [3.05, 3.63) is 54.6 Å². The summed E-state index contributed by atoms with van der Waals surface area (Å²) in [5, 5.41) is 0.855. The quantitative estimate of drug-likeness (QED) is 0.651. The topological polar surface area (TPSA) is 96.2 Å². The van der Waals surface area contributed by atoms with Gasteiger partial charge < -0.3 is 9.80 Å².